The van der Waals surface area contributed by atoms with E-state index in [2.05, 4.69) is 10.3 Å². The van der Waals surface area contributed by atoms with Gasteiger partial charge in [-0.05, 0) is 5.92 Å². The number of carboxylic acid groups (broad SMARTS) is 1. The summed E-state index contributed by atoms with van der Waals surface area (Å²) in [5.74, 6) is -1.11. The van der Waals surface area contributed by atoms with E-state index in [9.17, 15) is 14.9 Å². The van der Waals surface area contributed by atoms with Gasteiger partial charge >= 0.3 is 5.97 Å². The van der Waals surface area contributed by atoms with E-state index < -0.39 is 16.9 Å². The van der Waals surface area contributed by atoms with Gasteiger partial charge in [0.25, 0.3) is 5.69 Å². The Labute approximate surface area is 108 Å². The van der Waals surface area contributed by atoms with Crippen LogP contribution in [-0.2, 0) is 4.79 Å². The lowest BCUT2D eigenvalue weighted by Crippen LogP contribution is -2.34. The fourth-order valence-electron chi connectivity index (χ4n) is 1.29. The van der Waals surface area contributed by atoms with E-state index in [1.165, 1.54) is 0 Å². The van der Waals surface area contributed by atoms with Crippen LogP contribution < -0.4 is 5.32 Å². The summed E-state index contributed by atoms with van der Waals surface area (Å²) in [5, 5.41) is 22.1. The molecule has 1 atom stereocenters. The number of carboxylic acids is 1. The van der Waals surface area contributed by atoms with E-state index in [4.69, 9.17) is 16.7 Å². The maximum atomic E-state index is 11.0. The van der Waals surface area contributed by atoms with Crippen molar-refractivity contribution >= 4 is 29.1 Å². The Morgan fingerprint density at radius 2 is 2.22 bits per heavy atom. The highest BCUT2D eigenvalue weighted by molar-refractivity contribution is 6.33. The molecule has 0 fully saturated rings. The fourth-order valence-corrected chi connectivity index (χ4v) is 1.51. The molecule has 0 saturated carbocycles. The van der Waals surface area contributed by atoms with Crippen LogP contribution in [0.2, 0.25) is 5.02 Å². The number of aromatic nitrogens is 1. The van der Waals surface area contributed by atoms with Gasteiger partial charge in [0.2, 0.25) is 0 Å². The van der Waals surface area contributed by atoms with Crippen molar-refractivity contribution in [2.45, 2.75) is 19.9 Å². The molecule has 0 aliphatic carbocycles. The zero-order chi connectivity index (χ0) is 13.9. The van der Waals surface area contributed by atoms with E-state index in [1.807, 2.05) is 0 Å². The number of anilines is 1. The van der Waals surface area contributed by atoms with Crippen LogP contribution >= 0.6 is 11.6 Å². The maximum absolute atomic E-state index is 11.0. The molecule has 0 aromatic carbocycles. The summed E-state index contributed by atoms with van der Waals surface area (Å²) in [6, 6.07) is 0.257. The van der Waals surface area contributed by atoms with Gasteiger partial charge in [-0.3, -0.25) is 10.1 Å². The SMILES string of the molecule is CC(C)[C@@H](Nc1ncc([N+](=O)[O-])cc1Cl)C(=O)O. The first-order valence-corrected chi connectivity index (χ1v) is 5.50. The first-order valence-electron chi connectivity index (χ1n) is 5.12. The number of nitrogens with one attached hydrogen (secondary N) is 1. The van der Waals surface area contributed by atoms with Gasteiger partial charge in [-0.2, -0.15) is 0 Å². The maximum Gasteiger partial charge on any atom is 0.326 e. The average molecular weight is 274 g/mol. The van der Waals surface area contributed by atoms with Crippen LogP contribution in [-0.4, -0.2) is 27.0 Å². The summed E-state index contributed by atoms with van der Waals surface area (Å²) >= 11 is 5.80. The van der Waals surface area contributed by atoms with Crippen LogP contribution in [0, 0.1) is 16.0 Å². The molecule has 0 bridgehead atoms. The van der Waals surface area contributed by atoms with Gasteiger partial charge < -0.3 is 10.4 Å². The lowest BCUT2D eigenvalue weighted by atomic mass is 10.1. The Morgan fingerprint density at radius 3 is 2.61 bits per heavy atom. The second-order valence-corrected chi connectivity index (χ2v) is 4.39. The summed E-state index contributed by atoms with van der Waals surface area (Å²) in [4.78, 5) is 24.6. The van der Waals surface area contributed by atoms with Crippen LogP contribution in [0.3, 0.4) is 0 Å². The van der Waals surface area contributed by atoms with Gasteiger partial charge in [0.05, 0.1) is 9.95 Å². The van der Waals surface area contributed by atoms with E-state index in [0.29, 0.717) is 0 Å². The van der Waals surface area contributed by atoms with Gasteiger partial charge in [0, 0.05) is 6.07 Å². The molecular weight excluding hydrogens is 262 g/mol. The minimum absolute atomic E-state index is 0.0103. The molecule has 2 N–H and O–H groups in total. The zero-order valence-corrected chi connectivity index (χ0v) is 10.5. The normalized spacial score (nSPS) is 12.2. The van der Waals surface area contributed by atoms with Crippen molar-refractivity contribution in [2.75, 3.05) is 5.32 Å². The Kier molecular flexibility index (Phi) is 4.43. The Balaban J connectivity index is 2.97. The third-order valence-electron chi connectivity index (χ3n) is 2.26. The van der Waals surface area contributed by atoms with E-state index >= 15 is 0 Å². The van der Waals surface area contributed by atoms with E-state index in [1.54, 1.807) is 13.8 Å². The summed E-state index contributed by atoms with van der Waals surface area (Å²) in [6.45, 7) is 3.45. The summed E-state index contributed by atoms with van der Waals surface area (Å²) in [6.07, 6.45) is 1.02. The number of halogens is 1. The van der Waals surface area contributed by atoms with Crippen LogP contribution in [0.25, 0.3) is 0 Å². The Bertz CT molecular complexity index is 478. The zero-order valence-electron chi connectivity index (χ0n) is 9.75. The molecule has 98 valence electrons. The molecule has 0 saturated heterocycles. The van der Waals surface area contributed by atoms with Crippen LogP contribution in [0.5, 0.6) is 0 Å². The lowest BCUT2D eigenvalue weighted by molar-refractivity contribution is -0.385. The molecule has 7 nitrogen and oxygen atoms in total. The molecule has 0 aliphatic rings. The van der Waals surface area contributed by atoms with Crippen molar-refractivity contribution in [3.63, 3.8) is 0 Å². The summed E-state index contributed by atoms with van der Waals surface area (Å²) in [7, 11) is 0. The quantitative estimate of drug-likeness (QED) is 0.629. The van der Waals surface area contributed by atoms with Gasteiger partial charge in [-0.25, -0.2) is 9.78 Å². The number of nitrogens with zero attached hydrogens (tertiary/aromatic N) is 2. The predicted molar refractivity (Wildman–Crippen MR) is 65.8 cm³/mol. The van der Waals surface area contributed by atoms with Gasteiger partial charge in [-0.1, -0.05) is 25.4 Å². The van der Waals surface area contributed by atoms with Crippen LogP contribution in [0.4, 0.5) is 11.5 Å². The third kappa shape index (κ3) is 3.30. The predicted octanol–water partition coefficient (Wildman–Crippen LogP) is 2.16. The third-order valence-corrected chi connectivity index (χ3v) is 2.55. The molecule has 1 aromatic heterocycles. The van der Waals surface area contributed by atoms with E-state index in [0.717, 1.165) is 12.3 Å². The van der Waals surface area contributed by atoms with Crippen molar-refractivity contribution in [3.8, 4) is 0 Å². The Hall–Kier alpha value is -1.89. The van der Waals surface area contributed by atoms with E-state index in [-0.39, 0.29) is 22.4 Å². The molecule has 0 aliphatic heterocycles. The number of aliphatic carboxylic acids is 1. The molecule has 1 aromatic rings. The second-order valence-electron chi connectivity index (χ2n) is 3.99. The van der Waals surface area contributed by atoms with Crippen molar-refractivity contribution < 1.29 is 14.8 Å². The largest absolute Gasteiger partial charge is 0.480 e. The first kappa shape index (κ1) is 14.2. The van der Waals surface area contributed by atoms with Gasteiger partial charge in [0.15, 0.2) is 0 Å². The minimum atomic E-state index is -1.04. The highest BCUT2D eigenvalue weighted by Gasteiger charge is 2.23. The summed E-state index contributed by atoms with van der Waals surface area (Å²) in [5.41, 5.74) is -0.248. The number of pyridine rings is 1. The second kappa shape index (κ2) is 5.63. The average Bonchev–Trinajstić information content (AvgIpc) is 2.25. The Morgan fingerprint density at radius 1 is 1.61 bits per heavy atom. The number of carbonyl (C=O) groups is 1. The number of hydrogen-bond acceptors (Lipinski definition) is 5. The van der Waals surface area contributed by atoms with Crippen molar-refractivity contribution in [2.24, 2.45) is 5.92 Å². The smallest absolute Gasteiger partial charge is 0.326 e. The van der Waals surface area contributed by atoms with Crippen LogP contribution in [0.15, 0.2) is 12.3 Å². The highest BCUT2D eigenvalue weighted by Crippen LogP contribution is 2.25. The lowest BCUT2D eigenvalue weighted by Gasteiger charge is -2.18. The topological polar surface area (TPSA) is 105 Å². The first-order chi connectivity index (χ1) is 8.32. The van der Waals surface area contributed by atoms with Crippen molar-refractivity contribution in [3.05, 3.63) is 27.4 Å². The molecule has 0 unspecified atom stereocenters. The molecule has 0 spiro atoms. The number of hydrogen-bond donors (Lipinski definition) is 2. The molecule has 18 heavy (non-hydrogen) atoms. The summed E-state index contributed by atoms with van der Waals surface area (Å²) < 4.78 is 0. The van der Waals surface area contributed by atoms with Gasteiger partial charge in [0.1, 0.15) is 18.1 Å². The number of rotatable bonds is 5. The minimum Gasteiger partial charge on any atom is -0.480 e. The molecule has 1 heterocycles. The van der Waals surface area contributed by atoms with Crippen molar-refractivity contribution in [1.82, 2.24) is 4.98 Å². The standard InChI is InChI=1S/C10H12ClN3O4/c1-5(2)8(10(15)16)13-9-7(11)3-6(4-12-9)14(17)18/h3-5,8H,1-2H3,(H,12,13)(H,15,16)/t8-/m1/s1. The highest BCUT2D eigenvalue weighted by atomic mass is 35.5. The number of nitro groups is 1. The molecule has 0 amide bonds. The molecule has 0 radical (unpaired) electrons. The monoisotopic (exact) mass is 273 g/mol. The van der Waals surface area contributed by atoms with Gasteiger partial charge in [-0.15, -0.1) is 0 Å². The molecular formula is C10H12ClN3O4. The fraction of sp³-hybridized carbons (Fsp3) is 0.400. The van der Waals surface area contributed by atoms with Crippen LogP contribution in [0.1, 0.15) is 13.8 Å². The molecule has 8 heteroatoms. The van der Waals surface area contributed by atoms with Crippen molar-refractivity contribution in [1.29, 1.82) is 0 Å². The molecule has 1 rings (SSSR count).